The Kier molecular flexibility index (Phi) is 4.46. The van der Waals surface area contributed by atoms with Crippen molar-refractivity contribution in [3.8, 4) is 22.8 Å². The SMILES string of the molecule is C1=C(CNc2nc(-c3ccc(Oc4ccccc4)cc3)cn3ccnc23)OCO1. The summed E-state index contributed by atoms with van der Waals surface area (Å²) in [6.45, 7) is 0.726. The zero-order chi connectivity index (χ0) is 19.5. The van der Waals surface area contributed by atoms with Gasteiger partial charge in [0.05, 0.1) is 12.2 Å². The van der Waals surface area contributed by atoms with Crippen LogP contribution >= 0.6 is 0 Å². The first kappa shape index (κ1) is 17.1. The average molecular weight is 386 g/mol. The maximum atomic E-state index is 5.87. The predicted octanol–water partition coefficient (Wildman–Crippen LogP) is 4.45. The van der Waals surface area contributed by atoms with Gasteiger partial charge in [0, 0.05) is 24.2 Å². The lowest BCUT2D eigenvalue weighted by atomic mass is 10.1. The Bertz CT molecular complexity index is 1150. The van der Waals surface area contributed by atoms with Gasteiger partial charge in [0.25, 0.3) is 0 Å². The molecule has 2 aromatic heterocycles. The minimum atomic E-state index is 0.251. The van der Waals surface area contributed by atoms with Crippen molar-refractivity contribution in [2.45, 2.75) is 0 Å². The predicted molar refractivity (Wildman–Crippen MR) is 109 cm³/mol. The van der Waals surface area contributed by atoms with Crippen molar-refractivity contribution in [3.63, 3.8) is 0 Å². The van der Waals surface area contributed by atoms with Gasteiger partial charge in [0.1, 0.15) is 17.8 Å². The Labute approximate surface area is 167 Å². The normalized spacial score (nSPS) is 12.9. The summed E-state index contributed by atoms with van der Waals surface area (Å²) in [6, 6.07) is 17.6. The number of hydrogen-bond donors (Lipinski definition) is 1. The Morgan fingerprint density at radius 3 is 2.66 bits per heavy atom. The molecule has 7 heteroatoms. The molecule has 3 heterocycles. The number of imidazole rings is 1. The van der Waals surface area contributed by atoms with E-state index in [2.05, 4.69) is 10.3 Å². The highest BCUT2D eigenvalue weighted by molar-refractivity contribution is 5.69. The van der Waals surface area contributed by atoms with Gasteiger partial charge in [-0.1, -0.05) is 18.2 Å². The zero-order valence-corrected chi connectivity index (χ0v) is 15.5. The van der Waals surface area contributed by atoms with Gasteiger partial charge in [0.15, 0.2) is 17.2 Å². The van der Waals surface area contributed by atoms with Crippen molar-refractivity contribution in [2.24, 2.45) is 0 Å². The van der Waals surface area contributed by atoms with Crippen molar-refractivity contribution < 1.29 is 14.2 Å². The highest BCUT2D eigenvalue weighted by Gasteiger charge is 2.12. The van der Waals surface area contributed by atoms with Crippen LogP contribution in [0.5, 0.6) is 11.5 Å². The molecule has 0 radical (unpaired) electrons. The molecule has 0 unspecified atom stereocenters. The largest absolute Gasteiger partial charge is 0.462 e. The Morgan fingerprint density at radius 2 is 1.86 bits per heavy atom. The zero-order valence-electron chi connectivity index (χ0n) is 15.5. The number of benzene rings is 2. The number of hydrogen-bond acceptors (Lipinski definition) is 6. The molecule has 0 fully saturated rings. The molecule has 0 saturated carbocycles. The summed E-state index contributed by atoms with van der Waals surface area (Å²) in [6.07, 6.45) is 7.20. The molecule has 7 nitrogen and oxygen atoms in total. The fourth-order valence-corrected chi connectivity index (χ4v) is 3.04. The standard InChI is InChI=1S/C22H18N4O3/c1-2-4-17(5-3-1)29-18-8-6-16(7-9-18)20-13-26-11-10-23-22(26)21(25-20)24-12-19-14-27-15-28-19/h1-11,13-14H,12,15H2,(H,24,25). The molecule has 0 saturated heterocycles. The van der Waals surface area contributed by atoms with Crippen LogP contribution in [0.4, 0.5) is 5.82 Å². The molecule has 0 spiro atoms. The highest BCUT2D eigenvalue weighted by atomic mass is 16.7. The minimum Gasteiger partial charge on any atom is -0.462 e. The van der Waals surface area contributed by atoms with E-state index in [0.29, 0.717) is 12.4 Å². The van der Waals surface area contributed by atoms with Gasteiger partial charge in [-0.15, -0.1) is 0 Å². The summed E-state index contributed by atoms with van der Waals surface area (Å²) in [7, 11) is 0. The van der Waals surface area contributed by atoms with Crippen LogP contribution in [0.25, 0.3) is 16.9 Å². The van der Waals surface area contributed by atoms with Crippen LogP contribution in [0.15, 0.2) is 85.2 Å². The van der Waals surface area contributed by atoms with Gasteiger partial charge >= 0.3 is 0 Å². The van der Waals surface area contributed by atoms with Crippen LogP contribution < -0.4 is 10.1 Å². The summed E-state index contributed by atoms with van der Waals surface area (Å²) in [5, 5.41) is 3.28. The van der Waals surface area contributed by atoms with Crippen molar-refractivity contribution >= 4 is 11.5 Å². The molecule has 1 aliphatic heterocycles. The first-order chi connectivity index (χ1) is 14.3. The highest BCUT2D eigenvalue weighted by Crippen LogP contribution is 2.26. The smallest absolute Gasteiger partial charge is 0.229 e. The van der Waals surface area contributed by atoms with Gasteiger partial charge < -0.3 is 23.9 Å². The van der Waals surface area contributed by atoms with Gasteiger partial charge in [-0.05, 0) is 36.4 Å². The minimum absolute atomic E-state index is 0.251. The first-order valence-corrected chi connectivity index (χ1v) is 9.19. The second-order valence-electron chi connectivity index (χ2n) is 6.44. The molecule has 0 atom stereocenters. The molecule has 1 aliphatic rings. The van der Waals surface area contributed by atoms with Crippen molar-refractivity contribution in [1.82, 2.24) is 14.4 Å². The number of rotatable bonds is 6. The lowest BCUT2D eigenvalue weighted by Crippen LogP contribution is -2.09. The number of nitrogens with zero attached hydrogens (tertiary/aromatic N) is 3. The summed E-state index contributed by atoms with van der Waals surface area (Å²) in [4.78, 5) is 9.15. The van der Waals surface area contributed by atoms with Gasteiger partial charge in [-0.2, -0.15) is 0 Å². The third kappa shape index (κ3) is 3.70. The van der Waals surface area contributed by atoms with E-state index in [4.69, 9.17) is 19.2 Å². The van der Waals surface area contributed by atoms with E-state index in [1.807, 2.05) is 71.4 Å². The van der Waals surface area contributed by atoms with E-state index in [0.717, 1.165) is 34.2 Å². The third-order valence-electron chi connectivity index (χ3n) is 4.46. The number of para-hydroxylation sites is 1. The fraction of sp³-hybridized carbons (Fsp3) is 0.0909. The van der Waals surface area contributed by atoms with Gasteiger partial charge in [0.2, 0.25) is 6.79 Å². The molecule has 5 rings (SSSR count). The molecular weight excluding hydrogens is 368 g/mol. The van der Waals surface area contributed by atoms with E-state index >= 15 is 0 Å². The molecule has 0 aliphatic carbocycles. The van der Waals surface area contributed by atoms with E-state index in [9.17, 15) is 0 Å². The maximum absolute atomic E-state index is 5.87. The molecule has 2 aromatic carbocycles. The summed E-state index contributed by atoms with van der Waals surface area (Å²) < 4.78 is 18.3. The van der Waals surface area contributed by atoms with E-state index < -0.39 is 0 Å². The lowest BCUT2D eigenvalue weighted by molar-refractivity contribution is 0.0805. The van der Waals surface area contributed by atoms with Crippen molar-refractivity contribution in [1.29, 1.82) is 0 Å². The number of nitrogens with one attached hydrogen (secondary N) is 1. The lowest BCUT2D eigenvalue weighted by Gasteiger charge is -2.11. The Hall–Kier alpha value is -4.00. The maximum Gasteiger partial charge on any atom is 0.229 e. The molecular formula is C22H18N4O3. The second kappa shape index (κ2) is 7.55. The first-order valence-electron chi connectivity index (χ1n) is 9.19. The quantitative estimate of drug-likeness (QED) is 0.528. The number of aromatic nitrogens is 3. The van der Waals surface area contributed by atoms with Crippen LogP contribution in [0, 0.1) is 0 Å². The number of fused-ring (bicyclic) bond motifs is 1. The monoisotopic (exact) mass is 386 g/mol. The Morgan fingerprint density at radius 1 is 1.03 bits per heavy atom. The molecule has 0 amide bonds. The molecule has 0 bridgehead atoms. The van der Waals surface area contributed by atoms with Crippen molar-refractivity contribution in [3.05, 3.63) is 85.2 Å². The summed E-state index contributed by atoms with van der Waals surface area (Å²) in [5.41, 5.74) is 2.54. The molecule has 144 valence electrons. The molecule has 1 N–H and O–H groups in total. The summed E-state index contributed by atoms with van der Waals surface area (Å²) in [5.74, 6) is 2.97. The van der Waals surface area contributed by atoms with Crippen LogP contribution in [0.2, 0.25) is 0 Å². The van der Waals surface area contributed by atoms with E-state index in [1.165, 1.54) is 0 Å². The van der Waals surface area contributed by atoms with Crippen molar-refractivity contribution in [2.75, 3.05) is 18.7 Å². The second-order valence-corrected chi connectivity index (χ2v) is 6.44. The van der Waals surface area contributed by atoms with E-state index in [1.54, 1.807) is 12.5 Å². The number of ether oxygens (including phenoxy) is 3. The van der Waals surface area contributed by atoms with Gasteiger partial charge in [-0.3, -0.25) is 0 Å². The topological polar surface area (TPSA) is 69.9 Å². The van der Waals surface area contributed by atoms with Crippen LogP contribution in [-0.2, 0) is 9.47 Å². The van der Waals surface area contributed by atoms with Crippen LogP contribution in [0.3, 0.4) is 0 Å². The molecule has 4 aromatic rings. The molecule has 29 heavy (non-hydrogen) atoms. The summed E-state index contributed by atoms with van der Waals surface area (Å²) >= 11 is 0. The fourth-order valence-electron chi connectivity index (χ4n) is 3.04. The van der Waals surface area contributed by atoms with Crippen LogP contribution in [-0.4, -0.2) is 27.7 Å². The average Bonchev–Trinajstić information content (AvgIpc) is 3.45. The Balaban J connectivity index is 1.40. The van der Waals surface area contributed by atoms with E-state index in [-0.39, 0.29) is 6.79 Å². The van der Waals surface area contributed by atoms with Crippen LogP contribution in [0.1, 0.15) is 0 Å². The van der Waals surface area contributed by atoms with Gasteiger partial charge in [-0.25, -0.2) is 9.97 Å². The number of anilines is 1. The third-order valence-corrected chi connectivity index (χ3v) is 4.46.